The highest BCUT2D eigenvalue weighted by Gasteiger charge is 2.25. The van der Waals surface area contributed by atoms with Gasteiger partial charge >= 0.3 is 0 Å². The molecule has 1 N–H and O–H groups in total. The van der Waals surface area contributed by atoms with Gasteiger partial charge in [0.25, 0.3) is 0 Å². The Labute approximate surface area is 106 Å². The third-order valence-corrected chi connectivity index (χ3v) is 3.63. The van der Waals surface area contributed by atoms with E-state index in [9.17, 15) is 0 Å². The van der Waals surface area contributed by atoms with E-state index in [1.54, 1.807) is 0 Å². The minimum Gasteiger partial charge on any atom is -0.377 e. The number of nitrogens with zero attached hydrogens (tertiary/aromatic N) is 3. The van der Waals surface area contributed by atoms with Gasteiger partial charge in [-0.05, 0) is 7.05 Å². The van der Waals surface area contributed by atoms with E-state index in [1.807, 2.05) is 7.05 Å². The summed E-state index contributed by atoms with van der Waals surface area (Å²) in [6.07, 6.45) is 0. The Morgan fingerprint density at radius 2 is 2.41 bits per heavy atom. The largest absolute Gasteiger partial charge is 0.377 e. The Morgan fingerprint density at radius 1 is 1.59 bits per heavy atom. The molecule has 6 heteroatoms. The third kappa shape index (κ3) is 2.94. The Hall–Kier alpha value is -0.720. The zero-order chi connectivity index (χ0) is 12.3. The van der Waals surface area contributed by atoms with E-state index in [0.717, 1.165) is 37.3 Å². The lowest BCUT2D eigenvalue weighted by Crippen LogP contribution is -2.50. The lowest BCUT2D eigenvalue weighted by atomic mass is 10.2. The van der Waals surface area contributed by atoms with Crippen molar-refractivity contribution < 1.29 is 4.74 Å². The second kappa shape index (κ2) is 5.75. The number of likely N-dealkylation sites (N-methyl/N-ethyl adjacent to an activating group) is 1. The maximum atomic E-state index is 5.52. The summed E-state index contributed by atoms with van der Waals surface area (Å²) in [5, 5.41) is 4.23. The molecule has 1 fully saturated rings. The first kappa shape index (κ1) is 12.7. The van der Waals surface area contributed by atoms with Gasteiger partial charge in [0.1, 0.15) is 5.82 Å². The van der Waals surface area contributed by atoms with Crippen LogP contribution in [0, 0.1) is 0 Å². The van der Waals surface area contributed by atoms with E-state index in [4.69, 9.17) is 4.74 Å². The van der Waals surface area contributed by atoms with Gasteiger partial charge in [0.05, 0.1) is 19.3 Å². The van der Waals surface area contributed by atoms with Crippen LogP contribution in [0.5, 0.6) is 0 Å². The van der Waals surface area contributed by atoms with E-state index < -0.39 is 0 Å². The number of aromatic nitrogens is 2. The summed E-state index contributed by atoms with van der Waals surface area (Å²) in [5.41, 5.74) is 0. The number of hydrogen-bond donors (Lipinski definition) is 1. The molecule has 2 rings (SSSR count). The second-order valence-electron chi connectivity index (χ2n) is 4.57. The smallest absolute Gasteiger partial charge is 0.205 e. The SMILES string of the molecule is CNCC1COCCN1c1nc(C(C)C)ns1. The van der Waals surface area contributed by atoms with Gasteiger partial charge in [0.15, 0.2) is 0 Å². The molecule has 1 aliphatic rings. The minimum atomic E-state index is 0.363. The number of morpholine rings is 1. The lowest BCUT2D eigenvalue weighted by Gasteiger charge is -2.34. The number of rotatable bonds is 4. The molecule has 1 atom stereocenters. The van der Waals surface area contributed by atoms with Gasteiger partial charge in [-0.2, -0.15) is 4.37 Å². The van der Waals surface area contributed by atoms with Crippen molar-refractivity contribution in [1.29, 1.82) is 0 Å². The van der Waals surface area contributed by atoms with Gasteiger partial charge in [-0.3, -0.25) is 0 Å². The summed E-state index contributed by atoms with van der Waals surface area (Å²) in [7, 11) is 1.96. The molecular weight excluding hydrogens is 236 g/mol. The van der Waals surface area contributed by atoms with Crippen molar-refractivity contribution in [2.45, 2.75) is 25.8 Å². The zero-order valence-corrected chi connectivity index (χ0v) is 11.5. The quantitative estimate of drug-likeness (QED) is 0.874. The Morgan fingerprint density at radius 3 is 3.06 bits per heavy atom. The molecule has 0 aromatic carbocycles. The number of anilines is 1. The van der Waals surface area contributed by atoms with E-state index >= 15 is 0 Å². The topological polar surface area (TPSA) is 50.3 Å². The normalized spacial score (nSPS) is 21.2. The van der Waals surface area contributed by atoms with Gasteiger partial charge in [0.2, 0.25) is 5.13 Å². The van der Waals surface area contributed by atoms with Crippen LogP contribution < -0.4 is 10.2 Å². The molecular formula is C11H20N4OS. The Bertz CT molecular complexity index is 353. The van der Waals surface area contributed by atoms with Crippen LogP contribution in [0.1, 0.15) is 25.6 Å². The van der Waals surface area contributed by atoms with E-state index in [1.165, 1.54) is 11.5 Å². The van der Waals surface area contributed by atoms with Crippen molar-refractivity contribution >= 4 is 16.7 Å². The first-order valence-electron chi connectivity index (χ1n) is 6.05. The minimum absolute atomic E-state index is 0.363. The molecule has 1 aromatic heterocycles. The maximum absolute atomic E-state index is 5.52. The van der Waals surface area contributed by atoms with Gasteiger partial charge in [-0.1, -0.05) is 13.8 Å². The van der Waals surface area contributed by atoms with Crippen LogP contribution in [0.25, 0.3) is 0 Å². The monoisotopic (exact) mass is 256 g/mol. The zero-order valence-electron chi connectivity index (χ0n) is 10.6. The van der Waals surface area contributed by atoms with Crippen LogP contribution in [0.15, 0.2) is 0 Å². The summed E-state index contributed by atoms with van der Waals surface area (Å²) in [4.78, 5) is 6.92. The van der Waals surface area contributed by atoms with E-state index in [0.29, 0.717) is 12.0 Å². The highest BCUT2D eigenvalue weighted by atomic mass is 32.1. The summed E-state index contributed by atoms with van der Waals surface area (Å²) < 4.78 is 9.93. The van der Waals surface area contributed by atoms with Gasteiger partial charge in [0, 0.05) is 30.5 Å². The number of ether oxygens (including phenoxy) is 1. The van der Waals surface area contributed by atoms with Crippen molar-refractivity contribution in [2.24, 2.45) is 0 Å². The van der Waals surface area contributed by atoms with Crippen LogP contribution in [0.3, 0.4) is 0 Å². The van der Waals surface area contributed by atoms with E-state index in [-0.39, 0.29) is 0 Å². The van der Waals surface area contributed by atoms with Crippen molar-refractivity contribution in [3.8, 4) is 0 Å². The van der Waals surface area contributed by atoms with Gasteiger partial charge in [-0.15, -0.1) is 0 Å². The third-order valence-electron chi connectivity index (χ3n) is 2.86. The molecule has 0 amide bonds. The van der Waals surface area contributed by atoms with Crippen LogP contribution in [-0.4, -0.2) is 48.8 Å². The molecule has 0 aliphatic carbocycles. The number of nitrogens with one attached hydrogen (secondary N) is 1. The van der Waals surface area contributed by atoms with Gasteiger partial charge < -0.3 is 15.0 Å². The number of hydrogen-bond acceptors (Lipinski definition) is 6. The van der Waals surface area contributed by atoms with E-state index in [2.05, 4.69) is 33.4 Å². The standard InChI is InChI=1S/C11H20N4OS/c1-8(2)10-13-11(17-14-10)15-4-5-16-7-9(15)6-12-3/h8-9,12H,4-7H2,1-3H3. The highest BCUT2D eigenvalue weighted by molar-refractivity contribution is 7.09. The fourth-order valence-corrected chi connectivity index (χ4v) is 2.80. The van der Waals surface area contributed by atoms with Crippen LogP contribution >= 0.6 is 11.5 Å². The van der Waals surface area contributed by atoms with Gasteiger partial charge in [-0.25, -0.2) is 4.98 Å². The average molecular weight is 256 g/mol. The molecule has 0 saturated carbocycles. The first-order chi connectivity index (χ1) is 8.22. The fraction of sp³-hybridized carbons (Fsp3) is 0.818. The summed E-state index contributed by atoms with van der Waals surface area (Å²) in [6.45, 7) is 7.59. The van der Waals surface area contributed by atoms with Crippen LogP contribution in [0.4, 0.5) is 5.13 Å². The summed E-state index contributed by atoms with van der Waals surface area (Å²) in [6, 6.07) is 0.363. The molecule has 96 valence electrons. The molecule has 0 radical (unpaired) electrons. The predicted molar refractivity (Wildman–Crippen MR) is 69.9 cm³/mol. The van der Waals surface area contributed by atoms with Crippen LogP contribution in [0.2, 0.25) is 0 Å². The molecule has 0 spiro atoms. The molecule has 1 saturated heterocycles. The molecule has 1 aromatic rings. The molecule has 0 bridgehead atoms. The molecule has 17 heavy (non-hydrogen) atoms. The summed E-state index contributed by atoms with van der Waals surface area (Å²) >= 11 is 1.50. The fourth-order valence-electron chi connectivity index (χ4n) is 1.89. The van der Waals surface area contributed by atoms with Crippen molar-refractivity contribution in [2.75, 3.05) is 38.3 Å². The summed E-state index contributed by atoms with van der Waals surface area (Å²) in [5.74, 6) is 1.34. The second-order valence-corrected chi connectivity index (χ2v) is 5.30. The maximum Gasteiger partial charge on any atom is 0.205 e. The van der Waals surface area contributed by atoms with Crippen molar-refractivity contribution in [3.63, 3.8) is 0 Å². The average Bonchev–Trinajstić information content (AvgIpc) is 2.79. The van der Waals surface area contributed by atoms with Crippen molar-refractivity contribution in [3.05, 3.63) is 5.82 Å². The molecule has 2 heterocycles. The molecule has 1 aliphatic heterocycles. The lowest BCUT2D eigenvalue weighted by molar-refractivity contribution is 0.0943. The predicted octanol–water partition coefficient (Wildman–Crippen LogP) is 1.09. The Balaban J connectivity index is 2.11. The first-order valence-corrected chi connectivity index (χ1v) is 6.82. The van der Waals surface area contributed by atoms with Crippen molar-refractivity contribution in [1.82, 2.24) is 14.7 Å². The highest BCUT2D eigenvalue weighted by Crippen LogP contribution is 2.24. The molecule has 1 unspecified atom stereocenters. The Kier molecular flexibility index (Phi) is 4.31. The van der Waals surface area contributed by atoms with Crippen LogP contribution in [-0.2, 0) is 4.74 Å². The molecule has 5 nitrogen and oxygen atoms in total.